The zero-order chi connectivity index (χ0) is 30.3. The highest BCUT2D eigenvalue weighted by molar-refractivity contribution is 5.74. The molecule has 0 saturated carbocycles. The summed E-state index contributed by atoms with van der Waals surface area (Å²) in [7, 11) is 0. The van der Waals surface area contributed by atoms with Crippen LogP contribution in [-0.2, 0) is 6.11 Å². The van der Waals surface area contributed by atoms with Gasteiger partial charge in [0, 0.05) is 28.8 Å². The number of rotatable bonds is 6. The van der Waals surface area contributed by atoms with Crippen LogP contribution < -0.4 is 4.74 Å². The van der Waals surface area contributed by atoms with Crippen molar-refractivity contribution in [1.29, 1.82) is 0 Å². The van der Waals surface area contributed by atoms with Crippen molar-refractivity contribution in [3.63, 3.8) is 0 Å². The van der Waals surface area contributed by atoms with Gasteiger partial charge in [-0.3, -0.25) is 0 Å². The Labute approximate surface area is 235 Å². The quantitative estimate of drug-likeness (QED) is 0.181. The molecule has 0 atom stereocenters. The molecule has 0 spiro atoms. The van der Waals surface area contributed by atoms with Crippen LogP contribution in [-0.4, -0.2) is 0 Å². The highest BCUT2D eigenvalue weighted by atomic mass is 19.3. The number of halogens is 8. The van der Waals surface area contributed by atoms with Crippen molar-refractivity contribution in [2.24, 2.45) is 0 Å². The molecule has 0 aliphatic rings. The lowest BCUT2D eigenvalue weighted by molar-refractivity contribution is -0.189. The number of aryl methyl sites for hydroxylation is 1. The fourth-order valence-electron chi connectivity index (χ4n) is 4.48. The lowest BCUT2D eigenvalue weighted by atomic mass is 9.96. The minimum atomic E-state index is -4.68. The van der Waals surface area contributed by atoms with Crippen LogP contribution >= 0.6 is 0 Å². The van der Waals surface area contributed by atoms with Gasteiger partial charge in [-0.1, -0.05) is 54.1 Å². The third-order valence-corrected chi connectivity index (χ3v) is 6.78. The first-order valence-corrected chi connectivity index (χ1v) is 12.5. The van der Waals surface area contributed by atoms with Crippen molar-refractivity contribution in [3.05, 3.63) is 137 Å². The number of ether oxygens (including phenoxy) is 1. The van der Waals surface area contributed by atoms with Crippen molar-refractivity contribution < 1.29 is 39.9 Å². The van der Waals surface area contributed by atoms with Gasteiger partial charge in [0.25, 0.3) is 0 Å². The van der Waals surface area contributed by atoms with E-state index in [1.54, 1.807) is 6.07 Å². The Balaban J connectivity index is 1.43. The molecule has 42 heavy (non-hydrogen) atoms. The zero-order valence-electron chi connectivity index (χ0n) is 22.0. The molecule has 0 fully saturated rings. The summed E-state index contributed by atoms with van der Waals surface area (Å²) in [5, 5.41) is 0. The van der Waals surface area contributed by atoms with E-state index >= 15 is 4.39 Å². The molecule has 5 aromatic rings. The maximum atomic E-state index is 15.1. The lowest BCUT2D eigenvalue weighted by Gasteiger charge is -2.20. The van der Waals surface area contributed by atoms with Crippen LogP contribution in [0.1, 0.15) is 16.7 Å². The molecule has 0 bridgehead atoms. The molecule has 5 aromatic carbocycles. The first-order valence-electron chi connectivity index (χ1n) is 12.5. The molecule has 0 radical (unpaired) electrons. The highest BCUT2D eigenvalue weighted by Crippen LogP contribution is 2.39. The highest BCUT2D eigenvalue weighted by Gasteiger charge is 2.41. The zero-order valence-corrected chi connectivity index (χ0v) is 22.0. The summed E-state index contributed by atoms with van der Waals surface area (Å²) in [6.07, 6.45) is -4.68. The van der Waals surface area contributed by atoms with Gasteiger partial charge in [-0.05, 0) is 60.4 Å². The molecule has 214 valence electrons. The Morgan fingerprint density at radius 1 is 0.476 bits per heavy atom. The van der Waals surface area contributed by atoms with Crippen LogP contribution in [0.4, 0.5) is 35.1 Å². The summed E-state index contributed by atoms with van der Waals surface area (Å²) in [6, 6.07) is 17.2. The average molecular weight is 585 g/mol. The molecular formula is C33H20F8O. The summed E-state index contributed by atoms with van der Waals surface area (Å²) in [5.74, 6) is -8.58. The molecule has 0 heterocycles. The summed E-state index contributed by atoms with van der Waals surface area (Å²) in [6.45, 7) is 2.99. The van der Waals surface area contributed by atoms with E-state index in [2.05, 4.69) is 4.74 Å². The Morgan fingerprint density at radius 3 is 1.48 bits per heavy atom. The normalized spacial score (nSPS) is 11.6. The molecule has 5 rings (SSSR count). The van der Waals surface area contributed by atoms with Gasteiger partial charge < -0.3 is 4.74 Å². The summed E-state index contributed by atoms with van der Waals surface area (Å²) in [4.78, 5) is 0. The second kappa shape index (κ2) is 11.0. The maximum absolute atomic E-state index is 15.1. The molecule has 0 aliphatic carbocycles. The van der Waals surface area contributed by atoms with Crippen LogP contribution in [0.15, 0.2) is 84.9 Å². The van der Waals surface area contributed by atoms with Gasteiger partial charge in [-0.2, -0.15) is 8.78 Å². The Bertz CT molecular complexity index is 1770. The van der Waals surface area contributed by atoms with E-state index in [4.69, 9.17) is 0 Å². The molecule has 0 N–H and O–H groups in total. The van der Waals surface area contributed by atoms with Crippen molar-refractivity contribution in [2.75, 3.05) is 0 Å². The molecule has 0 amide bonds. The van der Waals surface area contributed by atoms with Gasteiger partial charge in [-0.25, -0.2) is 26.3 Å². The van der Waals surface area contributed by atoms with E-state index < -0.39 is 63.5 Å². The van der Waals surface area contributed by atoms with Gasteiger partial charge in [0.05, 0.1) is 0 Å². The molecule has 9 heteroatoms. The third kappa shape index (κ3) is 5.59. The van der Waals surface area contributed by atoms with Gasteiger partial charge >= 0.3 is 6.11 Å². The van der Waals surface area contributed by atoms with Gasteiger partial charge in [0.15, 0.2) is 0 Å². The maximum Gasteiger partial charge on any atom is 0.432 e. The van der Waals surface area contributed by atoms with E-state index in [-0.39, 0.29) is 16.7 Å². The van der Waals surface area contributed by atoms with Crippen molar-refractivity contribution >= 4 is 0 Å². The monoisotopic (exact) mass is 584 g/mol. The van der Waals surface area contributed by atoms with Crippen LogP contribution in [0.3, 0.4) is 0 Å². The molecule has 1 nitrogen and oxygen atoms in total. The molecule has 0 aliphatic heterocycles. The SMILES string of the molecule is Cc1ccc(-c2ccc(-c3ccc(-c4cc(F)c(C(F)(F)Oc5cc(F)c(C)c(F)c5)c(F)c4)c(F)c3)c(F)c2)cc1. The number of benzene rings is 5. The van der Waals surface area contributed by atoms with Crippen molar-refractivity contribution in [1.82, 2.24) is 0 Å². The van der Waals surface area contributed by atoms with Crippen LogP contribution in [0.5, 0.6) is 5.75 Å². The van der Waals surface area contributed by atoms with Crippen LogP contribution in [0.25, 0.3) is 33.4 Å². The van der Waals surface area contributed by atoms with E-state index in [9.17, 15) is 30.7 Å². The Kier molecular flexibility index (Phi) is 7.53. The molecule has 0 aromatic heterocycles. The first-order chi connectivity index (χ1) is 19.8. The third-order valence-electron chi connectivity index (χ3n) is 6.78. The predicted octanol–water partition coefficient (Wildman–Crippen LogP) is 10.3. The van der Waals surface area contributed by atoms with E-state index in [0.717, 1.165) is 30.2 Å². The minimum Gasteiger partial charge on any atom is -0.429 e. The van der Waals surface area contributed by atoms with Gasteiger partial charge in [0.2, 0.25) is 0 Å². The Morgan fingerprint density at radius 2 is 0.929 bits per heavy atom. The van der Waals surface area contributed by atoms with Crippen molar-refractivity contribution in [2.45, 2.75) is 20.0 Å². The second-order valence-electron chi connectivity index (χ2n) is 9.70. The number of hydrogen-bond acceptors (Lipinski definition) is 1. The number of alkyl halides is 2. The summed E-state index contributed by atoms with van der Waals surface area (Å²) in [5.41, 5.74) is -0.402. The standard InChI is InChI=1S/C33H20F8O/c1-17-3-5-19(6-4-17)20-7-9-24(28(36)11-20)21-8-10-25(29(37)12-21)22-13-30(38)32(31(39)14-22)33(40,41)42-23-15-26(34)18(2)27(35)16-23/h3-16H,1-2H3. The predicted molar refractivity (Wildman–Crippen MR) is 143 cm³/mol. The topological polar surface area (TPSA) is 9.23 Å². The van der Waals surface area contributed by atoms with Crippen LogP contribution in [0.2, 0.25) is 0 Å². The molecular weight excluding hydrogens is 564 g/mol. The van der Waals surface area contributed by atoms with E-state index in [0.29, 0.717) is 29.8 Å². The largest absolute Gasteiger partial charge is 0.432 e. The second-order valence-corrected chi connectivity index (χ2v) is 9.70. The van der Waals surface area contributed by atoms with Gasteiger partial charge in [-0.15, -0.1) is 0 Å². The lowest BCUT2D eigenvalue weighted by Crippen LogP contribution is -2.25. The first kappa shape index (κ1) is 28.9. The fourth-order valence-corrected chi connectivity index (χ4v) is 4.48. The van der Waals surface area contributed by atoms with Gasteiger partial charge in [0.1, 0.15) is 46.2 Å². The summed E-state index contributed by atoms with van der Waals surface area (Å²) >= 11 is 0. The van der Waals surface area contributed by atoms with Crippen molar-refractivity contribution in [3.8, 4) is 39.1 Å². The average Bonchev–Trinajstić information content (AvgIpc) is 2.91. The Hall–Kier alpha value is -4.66. The van der Waals surface area contributed by atoms with Crippen LogP contribution in [0, 0.1) is 48.8 Å². The molecule has 0 unspecified atom stereocenters. The van der Waals surface area contributed by atoms with E-state index in [1.807, 2.05) is 31.2 Å². The number of hydrogen-bond donors (Lipinski definition) is 0. The fraction of sp³-hybridized carbons (Fsp3) is 0.0909. The van der Waals surface area contributed by atoms with E-state index in [1.165, 1.54) is 18.2 Å². The summed E-state index contributed by atoms with van der Waals surface area (Å²) < 4.78 is 121. The smallest absolute Gasteiger partial charge is 0.429 e. The minimum absolute atomic E-state index is 0.0739. The molecule has 0 saturated heterocycles.